The van der Waals surface area contributed by atoms with Crippen LogP contribution in [0.3, 0.4) is 0 Å². The second-order valence-corrected chi connectivity index (χ2v) is 6.75. The third kappa shape index (κ3) is 4.23. The Bertz CT molecular complexity index is 495. The van der Waals surface area contributed by atoms with E-state index in [1.807, 2.05) is 13.1 Å². The molecule has 0 aromatic heterocycles. The minimum atomic E-state index is -0.399. The first-order chi connectivity index (χ1) is 10.5. The molecule has 0 radical (unpaired) electrons. The Labute approximate surface area is 134 Å². The van der Waals surface area contributed by atoms with Crippen LogP contribution in [0.2, 0.25) is 0 Å². The third-order valence-corrected chi connectivity index (χ3v) is 4.26. The van der Waals surface area contributed by atoms with Crippen LogP contribution in [0.15, 0.2) is 24.3 Å². The number of likely N-dealkylation sites (N-methyl/N-ethyl adjacent to an activating group) is 1. The molecule has 1 atom stereocenters. The number of hydrogen-bond acceptors (Lipinski definition) is 3. The smallest absolute Gasteiger partial charge is 0.239 e. The Hall–Kier alpha value is -1.55. The molecule has 1 saturated heterocycles. The fourth-order valence-corrected chi connectivity index (χ4v) is 3.14. The summed E-state index contributed by atoms with van der Waals surface area (Å²) < 4.78 is 0. The Morgan fingerprint density at radius 2 is 1.91 bits per heavy atom. The standard InChI is InChI=1S/C18H29N3O/c1-14(2)12-16(19)18(22)20(3)13-15-8-4-5-9-17(15)21-10-6-7-11-21/h4-5,8-9,14,16H,6-7,10-13,19H2,1-3H3/t16-/m0/s1. The molecule has 0 bridgehead atoms. The van der Waals surface area contributed by atoms with E-state index in [1.165, 1.54) is 24.1 Å². The highest BCUT2D eigenvalue weighted by molar-refractivity contribution is 5.81. The van der Waals surface area contributed by atoms with Gasteiger partial charge in [0.2, 0.25) is 5.91 Å². The van der Waals surface area contributed by atoms with Crippen molar-refractivity contribution in [2.24, 2.45) is 11.7 Å². The number of anilines is 1. The summed E-state index contributed by atoms with van der Waals surface area (Å²) in [5.74, 6) is 0.467. The van der Waals surface area contributed by atoms with Crippen LogP contribution in [-0.4, -0.2) is 37.0 Å². The molecular formula is C18H29N3O. The van der Waals surface area contributed by atoms with Crippen molar-refractivity contribution in [1.29, 1.82) is 0 Å². The van der Waals surface area contributed by atoms with Gasteiger partial charge in [-0.3, -0.25) is 4.79 Å². The first-order valence-corrected chi connectivity index (χ1v) is 8.32. The molecule has 1 aliphatic rings. The zero-order valence-electron chi connectivity index (χ0n) is 14.1. The molecule has 2 N–H and O–H groups in total. The number of nitrogens with zero attached hydrogens (tertiary/aromatic N) is 2. The average Bonchev–Trinajstić information content (AvgIpc) is 3.00. The molecule has 2 rings (SSSR count). The molecule has 4 heteroatoms. The van der Waals surface area contributed by atoms with Crippen LogP contribution >= 0.6 is 0 Å². The van der Waals surface area contributed by atoms with Gasteiger partial charge in [-0.15, -0.1) is 0 Å². The molecule has 4 nitrogen and oxygen atoms in total. The van der Waals surface area contributed by atoms with E-state index in [9.17, 15) is 4.79 Å². The maximum atomic E-state index is 12.4. The van der Waals surface area contributed by atoms with E-state index in [4.69, 9.17) is 5.73 Å². The molecule has 1 aromatic rings. The van der Waals surface area contributed by atoms with Gasteiger partial charge < -0.3 is 15.5 Å². The summed E-state index contributed by atoms with van der Waals surface area (Å²) in [7, 11) is 1.85. The SMILES string of the molecule is CC(C)C[C@H](N)C(=O)N(C)Cc1ccccc1N1CCCC1. The number of amides is 1. The summed E-state index contributed by atoms with van der Waals surface area (Å²) in [6.07, 6.45) is 3.24. The number of hydrogen-bond donors (Lipinski definition) is 1. The number of carbonyl (C=O) groups excluding carboxylic acids is 1. The van der Waals surface area contributed by atoms with Crippen molar-refractivity contribution in [1.82, 2.24) is 4.90 Å². The van der Waals surface area contributed by atoms with E-state index in [0.717, 1.165) is 19.5 Å². The van der Waals surface area contributed by atoms with Gasteiger partial charge in [0.25, 0.3) is 0 Å². The second-order valence-electron chi connectivity index (χ2n) is 6.75. The largest absolute Gasteiger partial charge is 0.371 e. The predicted octanol–water partition coefficient (Wildman–Crippen LogP) is 2.62. The molecule has 0 spiro atoms. The van der Waals surface area contributed by atoms with Gasteiger partial charge in [0.1, 0.15) is 0 Å². The molecule has 1 fully saturated rings. The Kier molecular flexibility index (Phi) is 5.83. The van der Waals surface area contributed by atoms with Crippen LogP contribution in [0.5, 0.6) is 0 Å². The molecule has 0 unspecified atom stereocenters. The van der Waals surface area contributed by atoms with Crippen molar-refractivity contribution >= 4 is 11.6 Å². The van der Waals surface area contributed by atoms with E-state index >= 15 is 0 Å². The lowest BCUT2D eigenvalue weighted by atomic mass is 10.0. The van der Waals surface area contributed by atoms with Crippen molar-refractivity contribution in [2.45, 2.75) is 45.7 Å². The first kappa shape index (κ1) is 16.8. The number of para-hydroxylation sites is 1. The van der Waals surface area contributed by atoms with Crippen molar-refractivity contribution in [3.63, 3.8) is 0 Å². The van der Waals surface area contributed by atoms with Crippen molar-refractivity contribution in [3.8, 4) is 0 Å². The van der Waals surface area contributed by atoms with Gasteiger partial charge >= 0.3 is 0 Å². The van der Waals surface area contributed by atoms with E-state index < -0.39 is 6.04 Å². The van der Waals surface area contributed by atoms with Gasteiger partial charge in [-0.1, -0.05) is 32.0 Å². The van der Waals surface area contributed by atoms with Crippen LogP contribution in [0.4, 0.5) is 5.69 Å². The monoisotopic (exact) mass is 303 g/mol. The van der Waals surface area contributed by atoms with Gasteiger partial charge in [-0.05, 0) is 36.8 Å². The van der Waals surface area contributed by atoms with Crippen molar-refractivity contribution in [3.05, 3.63) is 29.8 Å². The average molecular weight is 303 g/mol. The summed E-state index contributed by atoms with van der Waals surface area (Å²) in [5.41, 5.74) is 8.50. The topological polar surface area (TPSA) is 49.6 Å². The second kappa shape index (κ2) is 7.63. The highest BCUT2D eigenvalue weighted by Crippen LogP contribution is 2.25. The minimum Gasteiger partial charge on any atom is -0.371 e. The fourth-order valence-electron chi connectivity index (χ4n) is 3.14. The van der Waals surface area contributed by atoms with Gasteiger partial charge in [0.15, 0.2) is 0 Å². The summed E-state index contributed by atoms with van der Waals surface area (Å²) in [5, 5.41) is 0. The molecular weight excluding hydrogens is 274 g/mol. The quantitative estimate of drug-likeness (QED) is 0.879. The molecule has 1 aromatic carbocycles. The third-order valence-electron chi connectivity index (χ3n) is 4.26. The first-order valence-electron chi connectivity index (χ1n) is 8.32. The lowest BCUT2D eigenvalue weighted by Gasteiger charge is -2.26. The van der Waals surface area contributed by atoms with E-state index in [1.54, 1.807) is 4.90 Å². The summed E-state index contributed by atoms with van der Waals surface area (Å²) >= 11 is 0. The normalized spacial score (nSPS) is 16.1. The van der Waals surface area contributed by atoms with Crippen LogP contribution in [0.1, 0.15) is 38.7 Å². The van der Waals surface area contributed by atoms with Crippen LogP contribution < -0.4 is 10.6 Å². The summed E-state index contributed by atoms with van der Waals surface area (Å²) in [6.45, 7) is 7.03. The maximum Gasteiger partial charge on any atom is 0.239 e. The Balaban J connectivity index is 2.05. The van der Waals surface area contributed by atoms with Crippen LogP contribution in [0.25, 0.3) is 0 Å². The Morgan fingerprint density at radius 1 is 1.27 bits per heavy atom. The molecule has 0 aliphatic carbocycles. The maximum absolute atomic E-state index is 12.4. The van der Waals surface area contributed by atoms with E-state index in [2.05, 4.69) is 36.9 Å². The molecule has 1 amide bonds. The highest BCUT2D eigenvalue weighted by Gasteiger charge is 2.21. The van der Waals surface area contributed by atoms with E-state index in [-0.39, 0.29) is 5.91 Å². The van der Waals surface area contributed by atoms with Gasteiger partial charge in [0.05, 0.1) is 6.04 Å². The van der Waals surface area contributed by atoms with Crippen molar-refractivity contribution < 1.29 is 4.79 Å². The van der Waals surface area contributed by atoms with Gasteiger partial charge in [-0.25, -0.2) is 0 Å². The molecule has 22 heavy (non-hydrogen) atoms. The molecule has 1 heterocycles. The van der Waals surface area contributed by atoms with Crippen LogP contribution in [0, 0.1) is 5.92 Å². The van der Waals surface area contributed by atoms with Crippen LogP contribution in [-0.2, 0) is 11.3 Å². The molecule has 0 saturated carbocycles. The summed E-state index contributed by atoms with van der Waals surface area (Å²) in [6, 6.07) is 7.99. The number of carbonyl (C=O) groups is 1. The zero-order chi connectivity index (χ0) is 16.1. The van der Waals surface area contributed by atoms with E-state index in [0.29, 0.717) is 12.5 Å². The minimum absolute atomic E-state index is 0.0323. The van der Waals surface area contributed by atoms with Crippen molar-refractivity contribution in [2.75, 3.05) is 25.0 Å². The lowest BCUT2D eigenvalue weighted by molar-refractivity contribution is -0.132. The van der Waals surface area contributed by atoms with Gasteiger partial charge in [-0.2, -0.15) is 0 Å². The number of nitrogens with two attached hydrogens (primary N) is 1. The predicted molar refractivity (Wildman–Crippen MR) is 91.8 cm³/mol. The van der Waals surface area contributed by atoms with Gasteiger partial charge in [0, 0.05) is 32.4 Å². The lowest BCUT2D eigenvalue weighted by Crippen LogP contribution is -2.42. The number of rotatable bonds is 6. The zero-order valence-corrected chi connectivity index (χ0v) is 14.1. The fraction of sp³-hybridized carbons (Fsp3) is 0.611. The highest BCUT2D eigenvalue weighted by atomic mass is 16.2. The molecule has 122 valence electrons. The summed E-state index contributed by atoms with van der Waals surface area (Å²) in [4.78, 5) is 16.6. The number of benzene rings is 1. The Morgan fingerprint density at radius 3 is 2.55 bits per heavy atom. The molecule has 1 aliphatic heterocycles.